The third-order valence-electron chi connectivity index (χ3n) is 2.46. The van der Waals surface area contributed by atoms with Gasteiger partial charge in [-0.3, -0.25) is 0 Å². The zero-order valence-electron chi connectivity index (χ0n) is 7.64. The van der Waals surface area contributed by atoms with E-state index in [0.29, 0.717) is 0 Å². The molecule has 0 aromatic heterocycles. The topological polar surface area (TPSA) is 36.4 Å². The van der Waals surface area contributed by atoms with Crippen LogP contribution in [0.25, 0.3) is 0 Å². The highest BCUT2D eigenvalue weighted by molar-refractivity contribution is 5.67. The molecule has 0 bridgehead atoms. The van der Waals surface area contributed by atoms with Crippen molar-refractivity contribution in [2.75, 3.05) is 6.61 Å². The Bertz CT molecular complexity index is 384. The number of epoxide rings is 1. The molecular weight excluding hydrogens is 207 g/mol. The first kappa shape index (κ1) is 10.2. The Morgan fingerprint density at radius 3 is 2.27 bits per heavy atom. The van der Waals surface area contributed by atoms with Crippen LogP contribution in [0.3, 0.4) is 0 Å². The van der Waals surface area contributed by atoms with E-state index < -0.39 is 17.3 Å². The molecule has 2 rings (SSSR count). The Hall–Kier alpha value is -1.36. The number of alkyl halides is 2. The molecule has 1 fully saturated rings. The monoisotopic (exact) mass is 215 g/mol. The molecule has 0 radical (unpaired) electrons. The molecule has 0 amide bonds. The third-order valence-corrected chi connectivity index (χ3v) is 2.46. The van der Waals surface area contributed by atoms with Crippen molar-refractivity contribution in [2.24, 2.45) is 0 Å². The number of hydrogen-bond donors (Lipinski definition) is 1. The van der Waals surface area contributed by atoms with Gasteiger partial charge < -0.3 is 10.1 Å². The van der Waals surface area contributed by atoms with Crippen LogP contribution >= 0.6 is 0 Å². The van der Waals surface area contributed by atoms with E-state index in [4.69, 9.17) is 10.1 Å². The molecule has 1 unspecified atom stereocenters. The van der Waals surface area contributed by atoms with Gasteiger partial charge in [-0.25, -0.2) is 4.39 Å². The normalized spacial score (nSPS) is 25.0. The van der Waals surface area contributed by atoms with Crippen molar-refractivity contribution in [1.82, 2.24) is 0 Å². The van der Waals surface area contributed by atoms with Gasteiger partial charge in [0.2, 0.25) is 0 Å². The standard InChI is InChI=1S/C10H8F3NO/c11-8-3-1-7(2-4-8)9(6-15-9)10(12,13)5-14/h1-5,14H,6H2. The van der Waals surface area contributed by atoms with Crippen molar-refractivity contribution >= 4 is 6.21 Å². The second kappa shape index (κ2) is 3.06. The minimum atomic E-state index is -3.36. The second-order valence-electron chi connectivity index (χ2n) is 3.39. The SMILES string of the molecule is N=CC(F)(F)C1(c2ccc(F)cc2)CO1. The lowest BCUT2D eigenvalue weighted by molar-refractivity contribution is -0.00962. The Kier molecular flexibility index (Phi) is 2.08. The van der Waals surface area contributed by atoms with Crippen molar-refractivity contribution in [1.29, 1.82) is 5.41 Å². The first-order chi connectivity index (χ1) is 7.02. The highest BCUT2D eigenvalue weighted by Crippen LogP contribution is 2.49. The average Bonchev–Trinajstić information content (AvgIpc) is 3.00. The molecule has 0 aliphatic carbocycles. The fourth-order valence-electron chi connectivity index (χ4n) is 1.46. The van der Waals surface area contributed by atoms with E-state index >= 15 is 0 Å². The summed E-state index contributed by atoms with van der Waals surface area (Å²) in [6, 6.07) is 4.69. The molecule has 1 heterocycles. The van der Waals surface area contributed by atoms with Gasteiger partial charge in [0.1, 0.15) is 5.82 Å². The summed E-state index contributed by atoms with van der Waals surface area (Å²) in [6.07, 6.45) is 0.0589. The van der Waals surface area contributed by atoms with Crippen LogP contribution in [0.5, 0.6) is 0 Å². The van der Waals surface area contributed by atoms with E-state index in [1.165, 1.54) is 12.1 Å². The molecule has 1 atom stereocenters. The maximum atomic E-state index is 13.3. The van der Waals surface area contributed by atoms with Gasteiger partial charge in [-0.2, -0.15) is 8.78 Å². The zero-order valence-corrected chi connectivity index (χ0v) is 7.64. The summed E-state index contributed by atoms with van der Waals surface area (Å²) in [5.41, 5.74) is -1.57. The minimum absolute atomic E-state index is 0.0589. The Morgan fingerprint density at radius 1 is 1.33 bits per heavy atom. The van der Waals surface area contributed by atoms with Crippen LogP contribution in [0.15, 0.2) is 24.3 Å². The minimum Gasteiger partial charge on any atom is -0.357 e. The lowest BCUT2D eigenvalue weighted by Crippen LogP contribution is -2.36. The van der Waals surface area contributed by atoms with Crippen molar-refractivity contribution in [2.45, 2.75) is 11.5 Å². The molecule has 1 aliphatic rings. The van der Waals surface area contributed by atoms with E-state index in [1.807, 2.05) is 0 Å². The Morgan fingerprint density at radius 2 is 1.87 bits per heavy atom. The molecule has 1 N–H and O–H groups in total. The van der Waals surface area contributed by atoms with Gasteiger partial charge >= 0.3 is 5.92 Å². The van der Waals surface area contributed by atoms with Gasteiger partial charge in [0.25, 0.3) is 0 Å². The van der Waals surface area contributed by atoms with E-state index in [0.717, 1.165) is 12.1 Å². The maximum absolute atomic E-state index is 13.3. The summed E-state index contributed by atoms with van der Waals surface area (Å²) in [7, 11) is 0. The lowest BCUT2D eigenvalue weighted by Gasteiger charge is -2.19. The summed E-state index contributed by atoms with van der Waals surface area (Å²) in [5, 5.41) is 6.66. The third kappa shape index (κ3) is 1.43. The van der Waals surface area contributed by atoms with Crippen LogP contribution in [0.2, 0.25) is 0 Å². The quantitative estimate of drug-likeness (QED) is 0.609. The van der Waals surface area contributed by atoms with Gasteiger partial charge in [0, 0.05) is 0 Å². The van der Waals surface area contributed by atoms with Crippen molar-refractivity contribution in [3.63, 3.8) is 0 Å². The van der Waals surface area contributed by atoms with Crippen LogP contribution < -0.4 is 0 Å². The maximum Gasteiger partial charge on any atom is 0.317 e. The number of nitrogens with one attached hydrogen (secondary N) is 1. The van der Waals surface area contributed by atoms with E-state index in [2.05, 4.69) is 0 Å². The summed E-state index contributed by atoms with van der Waals surface area (Å²) in [4.78, 5) is 0. The van der Waals surface area contributed by atoms with Crippen LogP contribution in [-0.4, -0.2) is 18.7 Å². The summed E-state index contributed by atoms with van der Waals surface area (Å²) in [6.45, 7) is -0.152. The van der Waals surface area contributed by atoms with Gasteiger partial charge in [0.15, 0.2) is 5.60 Å². The average molecular weight is 215 g/mol. The fourth-order valence-corrected chi connectivity index (χ4v) is 1.46. The molecule has 80 valence electrons. The number of benzene rings is 1. The molecule has 15 heavy (non-hydrogen) atoms. The van der Waals surface area contributed by atoms with E-state index in [-0.39, 0.29) is 18.4 Å². The van der Waals surface area contributed by atoms with Gasteiger partial charge in [-0.15, -0.1) is 0 Å². The van der Waals surface area contributed by atoms with Crippen LogP contribution in [0.1, 0.15) is 5.56 Å². The van der Waals surface area contributed by atoms with Crippen molar-refractivity contribution in [3.05, 3.63) is 35.6 Å². The summed E-state index contributed by atoms with van der Waals surface area (Å²) >= 11 is 0. The number of ether oxygens (including phenoxy) is 1. The second-order valence-corrected chi connectivity index (χ2v) is 3.39. The zero-order chi connectivity index (χ0) is 11.1. The van der Waals surface area contributed by atoms with Gasteiger partial charge in [-0.1, -0.05) is 12.1 Å². The molecule has 0 spiro atoms. The van der Waals surface area contributed by atoms with Crippen molar-refractivity contribution < 1.29 is 17.9 Å². The van der Waals surface area contributed by atoms with E-state index in [1.54, 1.807) is 0 Å². The molecule has 0 saturated carbocycles. The van der Waals surface area contributed by atoms with Gasteiger partial charge in [0.05, 0.1) is 12.8 Å². The number of rotatable bonds is 3. The first-order valence-electron chi connectivity index (χ1n) is 4.31. The molecule has 1 aromatic rings. The van der Waals surface area contributed by atoms with Crippen LogP contribution in [-0.2, 0) is 10.3 Å². The summed E-state index contributed by atoms with van der Waals surface area (Å²) in [5.74, 6) is -3.85. The van der Waals surface area contributed by atoms with Crippen molar-refractivity contribution in [3.8, 4) is 0 Å². The summed E-state index contributed by atoms with van der Waals surface area (Å²) < 4.78 is 44.0. The molecular formula is C10H8F3NO. The van der Waals surface area contributed by atoms with Crippen LogP contribution in [0, 0.1) is 11.2 Å². The Labute approximate surface area is 84.2 Å². The molecule has 1 aliphatic heterocycles. The highest BCUT2D eigenvalue weighted by atomic mass is 19.3. The predicted molar refractivity (Wildman–Crippen MR) is 47.8 cm³/mol. The van der Waals surface area contributed by atoms with Gasteiger partial charge in [-0.05, 0) is 17.7 Å². The molecule has 1 aromatic carbocycles. The van der Waals surface area contributed by atoms with E-state index in [9.17, 15) is 13.2 Å². The number of halogens is 3. The smallest absolute Gasteiger partial charge is 0.317 e. The predicted octanol–water partition coefficient (Wildman–Crippen LogP) is 2.34. The lowest BCUT2D eigenvalue weighted by atomic mass is 9.94. The Balaban J connectivity index is 2.39. The first-order valence-corrected chi connectivity index (χ1v) is 4.31. The molecule has 2 nitrogen and oxygen atoms in total. The largest absolute Gasteiger partial charge is 0.357 e. The van der Waals surface area contributed by atoms with Crippen LogP contribution in [0.4, 0.5) is 13.2 Å². The molecule has 5 heteroatoms. The fraction of sp³-hybridized carbons (Fsp3) is 0.300. The number of hydrogen-bond acceptors (Lipinski definition) is 2. The molecule has 1 saturated heterocycles. The highest BCUT2D eigenvalue weighted by Gasteiger charge is 2.64.